The summed E-state index contributed by atoms with van der Waals surface area (Å²) in [5, 5.41) is 7.98. The Bertz CT molecular complexity index is 1120. The van der Waals surface area contributed by atoms with E-state index in [9.17, 15) is 19.2 Å². The number of anilines is 1. The first-order chi connectivity index (χ1) is 18.5. The highest BCUT2D eigenvalue weighted by molar-refractivity contribution is 5.99. The third-order valence-electron chi connectivity index (χ3n) is 5.28. The molecule has 0 saturated carbocycles. The molecule has 1 unspecified atom stereocenters. The highest BCUT2D eigenvalue weighted by Gasteiger charge is 2.25. The van der Waals surface area contributed by atoms with Gasteiger partial charge in [0.1, 0.15) is 29.6 Å². The first-order valence-corrected chi connectivity index (χ1v) is 12.5. The maximum absolute atomic E-state index is 13.1. The highest BCUT2D eigenvalue weighted by atomic mass is 16.6. The van der Waals surface area contributed by atoms with Gasteiger partial charge in [-0.15, -0.1) is 0 Å². The third-order valence-corrected chi connectivity index (χ3v) is 5.28. The fourth-order valence-corrected chi connectivity index (χ4v) is 3.44. The van der Waals surface area contributed by atoms with Crippen LogP contribution in [0.1, 0.15) is 56.0 Å². The van der Waals surface area contributed by atoms with E-state index >= 15 is 0 Å². The molecule has 3 amide bonds. The average Bonchev–Trinajstić information content (AvgIpc) is 2.90. The lowest BCUT2D eigenvalue weighted by molar-refractivity contribution is -0.118. The van der Waals surface area contributed by atoms with Crippen molar-refractivity contribution in [1.82, 2.24) is 10.6 Å². The minimum absolute atomic E-state index is 0.139. The normalized spacial score (nSPS) is 11.5. The van der Waals surface area contributed by atoms with Crippen molar-refractivity contribution < 1.29 is 38.1 Å². The Kier molecular flexibility index (Phi) is 12.1. The number of hydrogen-bond acceptors (Lipinski definition) is 8. The Morgan fingerprint density at radius 1 is 0.923 bits per heavy atom. The minimum Gasteiger partial charge on any atom is -0.496 e. The Hall–Kier alpha value is -4.28. The van der Waals surface area contributed by atoms with Gasteiger partial charge in [0.15, 0.2) is 0 Å². The molecule has 11 heteroatoms. The van der Waals surface area contributed by atoms with E-state index in [2.05, 4.69) is 16.0 Å². The molecule has 0 saturated heterocycles. The molecule has 1 atom stereocenters. The first kappa shape index (κ1) is 30.9. The Labute approximate surface area is 228 Å². The number of carbonyl (C=O) groups excluding carboxylic acids is 4. The summed E-state index contributed by atoms with van der Waals surface area (Å²) >= 11 is 0. The van der Waals surface area contributed by atoms with Gasteiger partial charge in [-0.1, -0.05) is 30.3 Å². The van der Waals surface area contributed by atoms with Crippen LogP contribution in [0.2, 0.25) is 0 Å². The van der Waals surface area contributed by atoms with Crippen LogP contribution in [0.25, 0.3) is 0 Å². The molecule has 0 fully saturated rings. The smallest absolute Gasteiger partial charge is 0.408 e. The van der Waals surface area contributed by atoms with Gasteiger partial charge in [0.2, 0.25) is 5.91 Å². The summed E-state index contributed by atoms with van der Waals surface area (Å²) in [6.07, 6.45) is 0.0282. The molecule has 39 heavy (non-hydrogen) atoms. The van der Waals surface area contributed by atoms with Crippen LogP contribution in [0.3, 0.4) is 0 Å². The second-order valence-corrected chi connectivity index (χ2v) is 9.58. The zero-order valence-corrected chi connectivity index (χ0v) is 23.0. The van der Waals surface area contributed by atoms with E-state index in [1.165, 1.54) is 26.4 Å². The van der Waals surface area contributed by atoms with Crippen molar-refractivity contribution in [3.05, 3.63) is 59.7 Å². The molecule has 0 spiro atoms. The number of alkyl carbamates (subject to hydrolysis) is 2. The van der Waals surface area contributed by atoms with Crippen molar-refractivity contribution in [3.63, 3.8) is 0 Å². The molecule has 2 rings (SSSR count). The van der Waals surface area contributed by atoms with Gasteiger partial charge in [0.05, 0.1) is 14.2 Å². The second kappa shape index (κ2) is 15.2. The monoisotopic (exact) mass is 543 g/mol. The van der Waals surface area contributed by atoms with Gasteiger partial charge in [0, 0.05) is 12.2 Å². The third kappa shape index (κ3) is 11.3. The summed E-state index contributed by atoms with van der Waals surface area (Å²) < 4.78 is 20.4. The van der Waals surface area contributed by atoms with Crippen LogP contribution in [-0.2, 0) is 25.6 Å². The Morgan fingerprint density at radius 3 is 2.28 bits per heavy atom. The lowest BCUT2D eigenvalue weighted by Crippen LogP contribution is -2.45. The second-order valence-electron chi connectivity index (χ2n) is 9.58. The number of hydrogen-bond donors (Lipinski definition) is 3. The number of rotatable bonds is 12. The van der Waals surface area contributed by atoms with Crippen LogP contribution < -0.4 is 20.7 Å². The molecule has 0 radical (unpaired) electrons. The maximum atomic E-state index is 13.1. The van der Waals surface area contributed by atoms with Crippen LogP contribution in [0.4, 0.5) is 15.3 Å². The topological polar surface area (TPSA) is 141 Å². The molecule has 2 aromatic carbocycles. The summed E-state index contributed by atoms with van der Waals surface area (Å²) in [6, 6.07) is 12.9. The molecular formula is C28H37N3O8. The van der Waals surface area contributed by atoms with Gasteiger partial charge in [-0.3, -0.25) is 4.79 Å². The van der Waals surface area contributed by atoms with Crippen LogP contribution in [0.15, 0.2) is 48.5 Å². The van der Waals surface area contributed by atoms with Gasteiger partial charge in [-0.25, -0.2) is 14.4 Å². The summed E-state index contributed by atoms with van der Waals surface area (Å²) in [4.78, 5) is 49.5. The molecule has 0 aliphatic heterocycles. The zero-order chi connectivity index (χ0) is 28.8. The van der Waals surface area contributed by atoms with Crippen molar-refractivity contribution in [1.29, 1.82) is 0 Å². The summed E-state index contributed by atoms with van der Waals surface area (Å²) in [5.74, 6) is -0.837. The molecule has 0 heterocycles. The SMILES string of the molecule is COC(=O)c1cc(NC(=O)C(CCCCNC(=O)OCc2ccccc2)NC(=O)OC(C)(C)C)ccc1OC. The molecule has 2 aromatic rings. The lowest BCUT2D eigenvalue weighted by atomic mass is 10.1. The van der Waals surface area contributed by atoms with E-state index in [-0.39, 0.29) is 24.3 Å². The van der Waals surface area contributed by atoms with Crippen molar-refractivity contribution in [2.45, 2.75) is 58.3 Å². The number of nitrogens with one attached hydrogen (secondary N) is 3. The Balaban J connectivity index is 1.95. The molecule has 3 N–H and O–H groups in total. The van der Waals surface area contributed by atoms with E-state index in [1.54, 1.807) is 26.8 Å². The number of benzene rings is 2. The van der Waals surface area contributed by atoms with Crippen LogP contribution >= 0.6 is 0 Å². The number of esters is 1. The van der Waals surface area contributed by atoms with Crippen molar-refractivity contribution in [3.8, 4) is 5.75 Å². The number of carbonyl (C=O) groups is 4. The minimum atomic E-state index is -0.937. The number of ether oxygens (including phenoxy) is 4. The van der Waals surface area contributed by atoms with Crippen LogP contribution in [-0.4, -0.2) is 56.5 Å². The number of methoxy groups -OCH3 is 2. The van der Waals surface area contributed by atoms with Crippen LogP contribution in [0.5, 0.6) is 5.75 Å². The van der Waals surface area contributed by atoms with E-state index in [0.717, 1.165) is 5.56 Å². The molecule has 212 valence electrons. The molecule has 0 aliphatic carbocycles. The van der Waals surface area contributed by atoms with Gasteiger partial charge < -0.3 is 34.9 Å². The van der Waals surface area contributed by atoms with E-state index in [1.807, 2.05) is 30.3 Å². The summed E-state index contributed by atoms with van der Waals surface area (Å²) in [7, 11) is 2.66. The van der Waals surface area contributed by atoms with E-state index in [0.29, 0.717) is 25.1 Å². The number of unbranched alkanes of at least 4 members (excludes halogenated alkanes) is 1. The van der Waals surface area contributed by atoms with E-state index < -0.39 is 35.7 Å². The van der Waals surface area contributed by atoms with Crippen molar-refractivity contribution in [2.75, 3.05) is 26.1 Å². The molecule has 11 nitrogen and oxygen atoms in total. The fraction of sp³-hybridized carbons (Fsp3) is 0.429. The maximum Gasteiger partial charge on any atom is 0.408 e. The molecule has 0 aromatic heterocycles. The standard InChI is InChI=1S/C28H37N3O8/c1-28(2,3)39-27(35)31-22(13-9-10-16-29-26(34)38-18-19-11-7-6-8-12-19)24(32)30-20-14-15-23(36-4)21(17-20)25(33)37-5/h6-8,11-12,14-15,17,22H,9-10,13,16,18H2,1-5H3,(H,29,34)(H,30,32)(H,31,35). The van der Waals surface area contributed by atoms with Gasteiger partial charge in [-0.05, 0) is 63.8 Å². The molecular weight excluding hydrogens is 506 g/mol. The average molecular weight is 544 g/mol. The van der Waals surface area contributed by atoms with Gasteiger partial charge >= 0.3 is 18.2 Å². The predicted molar refractivity (Wildman–Crippen MR) is 145 cm³/mol. The largest absolute Gasteiger partial charge is 0.496 e. The molecule has 0 bridgehead atoms. The molecule has 0 aliphatic rings. The Morgan fingerprint density at radius 2 is 1.64 bits per heavy atom. The lowest BCUT2D eigenvalue weighted by Gasteiger charge is -2.23. The first-order valence-electron chi connectivity index (χ1n) is 12.5. The predicted octanol–water partition coefficient (Wildman–Crippen LogP) is 4.41. The number of amides is 3. The zero-order valence-electron chi connectivity index (χ0n) is 23.0. The van der Waals surface area contributed by atoms with Gasteiger partial charge in [0.25, 0.3) is 0 Å². The van der Waals surface area contributed by atoms with Crippen molar-refractivity contribution >= 4 is 29.8 Å². The summed E-state index contributed by atoms with van der Waals surface area (Å²) in [5.41, 5.74) is 0.588. The summed E-state index contributed by atoms with van der Waals surface area (Å²) in [6.45, 7) is 5.65. The quantitative estimate of drug-likeness (QED) is 0.203. The van der Waals surface area contributed by atoms with Crippen molar-refractivity contribution in [2.24, 2.45) is 0 Å². The van der Waals surface area contributed by atoms with Gasteiger partial charge in [-0.2, -0.15) is 0 Å². The highest BCUT2D eigenvalue weighted by Crippen LogP contribution is 2.24. The van der Waals surface area contributed by atoms with Crippen LogP contribution in [0, 0.1) is 0 Å². The van der Waals surface area contributed by atoms with E-state index in [4.69, 9.17) is 18.9 Å². The fourth-order valence-electron chi connectivity index (χ4n) is 3.44.